The molecule has 18 heavy (non-hydrogen) atoms. The number of halogens is 1. The zero-order valence-corrected chi connectivity index (χ0v) is 12.1. The van der Waals surface area contributed by atoms with E-state index in [9.17, 15) is 9.59 Å². The summed E-state index contributed by atoms with van der Waals surface area (Å²) in [6.45, 7) is 4.68. The molecule has 1 atom stereocenters. The molecule has 1 unspecified atom stereocenters. The topological polar surface area (TPSA) is 37.4 Å². The van der Waals surface area contributed by atoms with Crippen molar-refractivity contribution >= 4 is 27.7 Å². The molecule has 2 amide bonds. The van der Waals surface area contributed by atoms with E-state index in [4.69, 9.17) is 0 Å². The van der Waals surface area contributed by atoms with Crippen molar-refractivity contribution < 1.29 is 9.59 Å². The van der Waals surface area contributed by atoms with E-state index in [-0.39, 0.29) is 17.7 Å². The number of carbonyl (C=O) groups excluding carboxylic acids is 2. The summed E-state index contributed by atoms with van der Waals surface area (Å²) in [4.78, 5) is 25.7. The summed E-state index contributed by atoms with van der Waals surface area (Å²) < 4.78 is 0. The highest BCUT2D eigenvalue weighted by atomic mass is 79.9. The van der Waals surface area contributed by atoms with Gasteiger partial charge in [-0.1, -0.05) is 41.9 Å². The summed E-state index contributed by atoms with van der Waals surface area (Å²) in [6, 6.07) is 7.01. The molecular formula is C14H16BrNO2. The van der Waals surface area contributed by atoms with E-state index < -0.39 is 0 Å². The quantitative estimate of drug-likeness (QED) is 0.633. The summed E-state index contributed by atoms with van der Waals surface area (Å²) in [5.74, 6) is 0.380. The Morgan fingerprint density at radius 1 is 1.11 bits per heavy atom. The van der Waals surface area contributed by atoms with Crippen molar-refractivity contribution in [2.75, 3.05) is 11.9 Å². The van der Waals surface area contributed by atoms with E-state index in [1.807, 2.05) is 0 Å². The highest BCUT2D eigenvalue weighted by Crippen LogP contribution is 2.25. The van der Waals surface area contributed by atoms with E-state index in [0.717, 1.165) is 5.33 Å². The molecule has 0 aliphatic carbocycles. The molecule has 0 bridgehead atoms. The predicted molar refractivity (Wildman–Crippen MR) is 73.9 cm³/mol. The average Bonchev–Trinajstić information content (AvgIpc) is 2.60. The lowest BCUT2D eigenvalue weighted by molar-refractivity contribution is 0.0623. The van der Waals surface area contributed by atoms with Gasteiger partial charge in [-0.05, 0) is 24.0 Å². The van der Waals surface area contributed by atoms with Crippen LogP contribution in [-0.4, -0.2) is 28.6 Å². The Morgan fingerprint density at radius 3 is 2.00 bits per heavy atom. The monoisotopic (exact) mass is 309 g/mol. The number of fused-ring (bicyclic) bond motifs is 1. The number of hydrogen-bond donors (Lipinski definition) is 0. The van der Waals surface area contributed by atoms with E-state index in [0.29, 0.717) is 23.6 Å². The summed E-state index contributed by atoms with van der Waals surface area (Å²) in [5.41, 5.74) is 1.05. The molecule has 0 saturated carbocycles. The molecule has 3 nitrogen and oxygen atoms in total. The maximum atomic E-state index is 12.2. The first kappa shape index (κ1) is 13.3. The lowest BCUT2D eigenvalue weighted by Gasteiger charge is -2.23. The third-order valence-corrected chi connectivity index (χ3v) is 4.27. The number of imide groups is 1. The molecule has 0 spiro atoms. The van der Waals surface area contributed by atoms with E-state index in [1.165, 1.54) is 4.90 Å². The first-order valence-electron chi connectivity index (χ1n) is 6.07. The molecule has 1 aromatic rings. The number of hydrogen-bond acceptors (Lipinski definition) is 2. The van der Waals surface area contributed by atoms with Crippen molar-refractivity contribution in [2.24, 2.45) is 11.8 Å². The van der Waals surface area contributed by atoms with Gasteiger partial charge < -0.3 is 0 Å². The van der Waals surface area contributed by atoms with Crippen LogP contribution in [0.15, 0.2) is 24.3 Å². The van der Waals surface area contributed by atoms with Crippen LogP contribution in [0.3, 0.4) is 0 Å². The van der Waals surface area contributed by atoms with Crippen LogP contribution in [0.1, 0.15) is 34.6 Å². The maximum absolute atomic E-state index is 12.2. The van der Waals surface area contributed by atoms with Crippen LogP contribution in [0.4, 0.5) is 0 Å². The second kappa shape index (κ2) is 5.22. The minimum Gasteiger partial charge on any atom is -0.274 e. The number of carbonyl (C=O) groups is 2. The summed E-state index contributed by atoms with van der Waals surface area (Å²) in [5, 5.41) is 0.790. The van der Waals surface area contributed by atoms with Crippen molar-refractivity contribution in [1.29, 1.82) is 0 Å². The summed E-state index contributed by atoms with van der Waals surface area (Å²) in [7, 11) is 0. The molecule has 0 aromatic heterocycles. The number of alkyl halides is 1. The fraction of sp³-hybridized carbons (Fsp3) is 0.429. The molecule has 2 rings (SSSR count). The molecule has 1 heterocycles. The smallest absolute Gasteiger partial charge is 0.261 e. The Labute approximate surface area is 115 Å². The average molecular weight is 310 g/mol. The van der Waals surface area contributed by atoms with Gasteiger partial charge in [-0.2, -0.15) is 0 Å². The number of nitrogens with zero attached hydrogens (tertiary/aromatic N) is 1. The molecule has 4 heteroatoms. The second-order valence-corrected chi connectivity index (χ2v) is 5.57. The van der Waals surface area contributed by atoms with Crippen LogP contribution in [0, 0.1) is 11.8 Å². The van der Waals surface area contributed by atoms with Gasteiger partial charge in [0.05, 0.1) is 11.1 Å². The number of benzene rings is 1. The minimum atomic E-state index is -0.165. The van der Waals surface area contributed by atoms with Gasteiger partial charge in [0.1, 0.15) is 0 Å². The minimum absolute atomic E-state index is 0.165. The first-order valence-corrected chi connectivity index (χ1v) is 7.19. The van der Waals surface area contributed by atoms with Crippen LogP contribution in [0.25, 0.3) is 0 Å². The van der Waals surface area contributed by atoms with Crippen LogP contribution in [-0.2, 0) is 0 Å². The van der Waals surface area contributed by atoms with Gasteiger partial charge in [-0.25, -0.2) is 0 Å². The largest absolute Gasteiger partial charge is 0.274 e. The molecule has 0 fully saturated rings. The standard InChI is InChI=1S/C14H16BrNO2/c1-9(2)10(7-15)8-16-13(17)11-5-3-4-6-12(11)14(16)18/h3-6,9-10H,7-8H2,1-2H3. The lowest BCUT2D eigenvalue weighted by Crippen LogP contribution is -2.36. The summed E-state index contributed by atoms with van der Waals surface area (Å²) >= 11 is 3.45. The van der Waals surface area contributed by atoms with Gasteiger partial charge in [-0.3, -0.25) is 14.5 Å². The van der Waals surface area contributed by atoms with Gasteiger partial charge in [-0.15, -0.1) is 0 Å². The zero-order chi connectivity index (χ0) is 13.3. The molecular weight excluding hydrogens is 294 g/mol. The maximum Gasteiger partial charge on any atom is 0.261 e. The number of amides is 2. The van der Waals surface area contributed by atoms with Gasteiger partial charge in [0.15, 0.2) is 0 Å². The second-order valence-electron chi connectivity index (χ2n) is 4.92. The SMILES string of the molecule is CC(C)C(CBr)CN1C(=O)c2ccccc2C1=O. The first-order chi connectivity index (χ1) is 8.56. The Balaban J connectivity index is 2.23. The molecule has 1 aliphatic rings. The summed E-state index contributed by atoms with van der Waals surface area (Å²) in [6.07, 6.45) is 0. The van der Waals surface area contributed by atoms with Gasteiger partial charge >= 0.3 is 0 Å². The van der Waals surface area contributed by atoms with Crippen LogP contribution in [0.2, 0.25) is 0 Å². The normalized spacial score (nSPS) is 16.3. The van der Waals surface area contributed by atoms with Crippen LogP contribution >= 0.6 is 15.9 Å². The fourth-order valence-electron chi connectivity index (χ4n) is 2.08. The molecule has 1 aromatic carbocycles. The van der Waals surface area contributed by atoms with Crippen molar-refractivity contribution in [2.45, 2.75) is 13.8 Å². The molecule has 1 aliphatic heterocycles. The molecule has 0 saturated heterocycles. The highest BCUT2D eigenvalue weighted by molar-refractivity contribution is 9.09. The van der Waals surface area contributed by atoms with Crippen LogP contribution < -0.4 is 0 Å². The highest BCUT2D eigenvalue weighted by Gasteiger charge is 2.36. The molecule has 0 radical (unpaired) electrons. The van der Waals surface area contributed by atoms with Crippen molar-refractivity contribution in [1.82, 2.24) is 4.90 Å². The van der Waals surface area contributed by atoms with E-state index in [1.54, 1.807) is 24.3 Å². The Hall–Kier alpha value is -1.16. The molecule has 0 N–H and O–H groups in total. The van der Waals surface area contributed by atoms with Crippen molar-refractivity contribution in [3.05, 3.63) is 35.4 Å². The van der Waals surface area contributed by atoms with Crippen LogP contribution in [0.5, 0.6) is 0 Å². The Morgan fingerprint density at radius 2 is 1.61 bits per heavy atom. The van der Waals surface area contributed by atoms with Gasteiger partial charge in [0, 0.05) is 11.9 Å². The van der Waals surface area contributed by atoms with Crippen molar-refractivity contribution in [3.63, 3.8) is 0 Å². The van der Waals surface area contributed by atoms with E-state index >= 15 is 0 Å². The lowest BCUT2D eigenvalue weighted by atomic mass is 9.97. The van der Waals surface area contributed by atoms with Crippen molar-refractivity contribution in [3.8, 4) is 0 Å². The predicted octanol–water partition coefficient (Wildman–Crippen LogP) is 2.95. The Bertz CT molecular complexity index is 449. The number of rotatable bonds is 4. The van der Waals surface area contributed by atoms with Gasteiger partial charge in [0.25, 0.3) is 11.8 Å². The van der Waals surface area contributed by atoms with E-state index in [2.05, 4.69) is 29.8 Å². The zero-order valence-electron chi connectivity index (χ0n) is 10.5. The Kier molecular flexibility index (Phi) is 3.85. The third-order valence-electron chi connectivity index (χ3n) is 3.44. The van der Waals surface area contributed by atoms with Gasteiger partial charge in [0.2, 0.25) is 0 Å². The molecule has 96 valence electrons. The third kappa shape index (κ3) is 2.21. The fourth-order valence-corrected chi connectivity index (χ4v) is 3.03.